The van der Waals surface area contributed by atoms with Crippen molar-refractivity contribution in [2.45, 2.75) is 102 Å². The van der Waals surface area contributed by atoms with Gasteiger partial charge in [-0.2, -0.15) is 0 Å². The molecular weight excluding hydrogens is 232 g/mol. The number of hydrogen-bond donors (Lipinski definition) is 1. The molecule has 1 N–H and O–H groups in total. The van der Waals surface area contributed by atoms with E-state index in [-0.39, 0.29) is 0 Å². The van der Waals surface area contributed by atoms with Crippen LogP contribution in [0.15, 0.2) is 0 Å². The van der Waals surface area contributed by atoms with E-state index in [4.69, 9.17) is 0 Å². The average Bonchev–Trinajstić information content (AvgIpc) is 2.45. The summed E-state index contributed by atoms with van der Waals surface area (Å²) in [5, 5.41) is 3.80. The molecule has 2 atom stereocenters. The number of fused-ring (bicyclic) bond motifs is 2. The molecule has 0 aromatic rings. The van der Waals surface area contributed by atoms with Crippen molar-refractivity contribution in [1.82, 2.24) is 10.2 Å². The molecular formula is C17H32N2. The molecule has 3 aliphatic rings. The van der Waals surface area contributed by atoms with Crippen LogP contribution in [0.25, 0.3) is 0 Å². The quantitative estimate of drug-likeness (QED) is 0.833. The minimum atomic E-state index is 0.815. The summed E-state index contributed by atoms with van der Waals surface area (Å²) in [6, 6.07) is 3.57. The highest BCUT2D eigenvalue weighted by Crippen LogP contribution is 2.38. The van der Waals surface area contributed by atoms with Crippen LogP contribution in [0.2, 0.25) is 0 Å². The van der Waals surface area contributed by atoms with E-state index in [1.807, 2.05) is 0 Å². The van der Waals surface area contributed by atoms with Crippen molar-refractivity contribution < 1.29 is 0 Å². The molecule has 2 nitrogen and oxygen atoms in total. The van der Waals surface area contributed by atoms with E-state index >= 15 is 0 Å². The van der Waals surface area contributed by atoms with Gasteiger partial charge in [-0.15, -0.1) is 0 Å². The van der Waals surface area contributed by atoms with Gasteiger partial charge in [0.25, 0.3) is 0 Å². The fourth-order valence-corrected chi connectivity index (χ4v) is 4.91. The second kappa shape index (κ2) is 6.58. The summed E-state index contributed by atoms with van der Waals surface area (Å²) in [7, 11) is 0. The first kappa shape index (κ1) is 13.9. The fourth-order valence-electron chi connectivity index (χ4n) is 4.91. The van der Waals surface area contributed by atoms with Gasteiger partial charge in [0.05, 0.1) is 0 Å². The van der Waals surface area contributed by atoms with Crippen molar-refractivity contribution in [3.05, 3.63) is 0 Å². The molecule has 0 amide bonds. The van der Waals surface area contributed by atoms with Gasteiger partial charge in [-0.25, -0.2) is 0 Å². The first-order valence-corrected chi connectivity index (χ1v) is 8.89. The summed E-state index contributed by atoms with van der Waals surface area (Å²) in [5.74, 6) is 0. The molecule has 110 valence electrons. The highest BCUT2D eigenvalue weighted by molar-refractivity contribution is 4.98. The number of nitrogens with one attached hydrogen (secondary N) is 1. The first-order valence-electron chi connectivity index (χ1n) is 8.89. The Balaban J connectivity index is 1.62. The molecule has 2 unspecified atom stereocenters. The molecule has 1 aliphatic carbocycles. The molecule has 0 spiro atoms. The first-order chi connectivity index (χ1) is 9.38. The number of hydrogen-bond acceptors (Lipinski definition) is 2. The Labute approximate surface area is 119 Å². The predicted molar refractivity (Wildman–Crippen MR) is 81.5 cm³/mol. The van der Waals surface area contributed by atoms with Gasteiger partial charge in [0, 0.05) is 24.2 Å². The SMILES string of the molecule is CCCNC1CC2CCCC(C1)N2C1CCCCC1. The molecule has 0 radical (unpaired) electrons. The van der Waals surface area contributed by atoms with Gasteiger partial charge in [0.1, 0.15) is 0 Å². The van der Waals surface area contributed by atoms with Crippen LogP contribution in [-0.4, -0.2) is 35.6 Å². The summed E-state index contributed by atoms with van der Waals surface area (Å²) < 4.78 is 0. The fraction of sp³-hybridized carbons (Fsp3) is 1.00. The lowest BCUT2D eigenvalue weighted by molar-refractivity contribution is -0.0219. The van der Waals surface area contributed by atoms with Crippen molar-refractivity contribution in [3.8, 4) is 0 Å². The summed E-state index contributed by atoms with van der Waals surface area (Å²) in [6.45, 7) is 3.50. The van der Waals surface area contributed by atoms with Crippen molar-refractivity contribution >= 4 is 0 Å². The van der Waals surface area contributed by atoms with Gasteiger partial charge in [-0.05, 0) is 51.5 Å². The Morgan fingerprint density at radius 3 is 2.11 bits per heavy atom. The van der Waals surface area contributed by atoms with Gasteiger partial charge >= 0.3 is 0 Å². The number of rotatable bonds is 4. The molecule has 19 heavy (non-hydrogen) atoms. The molecule has 2 heterocycles. The lowest BCUT2D eigenvalue weighted by Crippen LogP contribution is -2.59. The van der Waals surface area contributed by atoms with Crippen LogP contribution in [0.1, 0.15) is 77.6 Å². The van der Waals surface area contributed by atoms with E-state index < -0.39 is 0 Å². The zero-order valence-electron chi connectivity index (χ0n) is 12.7. The lowest BCUT2D eigenvalue weighted by atomic mass is 9.78. The summed E-state index contributed by atoms with van der Waals surface area (Å²) in [6.07, 6.45) is 16.0. The maximum Gasteiger partial charge on any atom is 0.0116 e. The van der Waals surface area contributed by atoms with Crippen LogP contribution in [0.4, 0.5) is 0 Å². The predicted octanol–water partition coefficient (Wildman–Crippen LogP) is 3.70. The number of nitrogens with zero attached hydrogens (tertiary/aromatic N) is 1. The van der Waals surface area contributed by atoms with Crippen molar-refractivity contribution in [2.75, 3.05) is 6.54 Å². The Hall–Kier alpha value is -0.0800. The van der Waals surface area contributed by atoms with Crippen LogP contribution in [0.5, 0.6) is 0 Å². The molecule has 1 saturated carbocycles. The minimum Gasteiger partial charge on any atom is -0.314 e. The standard InChI is InChI=1S/C17H32N2/c1-2-11-18-14-12-16-9-6-10-17(13-14)19(16)15-7-4-3-5-8-15/h14-18H,2-13H2,1H3. The Bertz CT molecular complexity index is 258. The Kier molecular flexibility index (Phi) is 4.81. The van der Waals surface area contributed by atoms with Crippen LogP contribution >= 0.6 is 0 Å². The third kappa shape index (κ3) is 3.16. The molecule has 2 aliphatic heterocycles. The maximum absolute atomic E-state index is 3.80. The van der Waals surface area contributed by atoms with Gasteiger partial charge in [-0.3, -0.25) is 4.90 Å². The van der Waals surface area contributed by atoms with Crippen molar-refractivity contribution in [1.29, 1.82) is 0 Å². The van der Waals surface area contributed by atoms with E-state index in [1.54, 1.807) is 0 Å². The average molecular weight is 264 g/mol. The smallest absolute Gasteiger partial charge is 0.0116 e. The summed E-state index contributed by atoms with van der Waals surface area (Å²) >= 11 is 0. The monoisotopic (exact) mass is 264 g/mol. The lowest BCUT2D eigenvalue weighted by Gasteiger charge is -2.53. The van der Waals surface area contributed by atoms with Crippen LogP contribution in [0.3, 0.4) is 0 Å². The third-order valence-electron chi connectivity index (χ3n) is 5.71. The zero-order chi connectivity index (χ0) is 13.1. The van der Waals surface area contributed by atoms with Gasteiger partial charge in [-0.1, -0.05) is 32.6 Å². The molecule has 0 aromatic carbocycles. The van der Waals surface area contributed by atoms with Crippen molar-refractivity contribution in [2.24, 2.45) is 0 Å². The van der Waals surface area contributed by atoms with Gasteiger partial charge in [0.15, 0.2) is 0 Å². The molecule has 3 fully saturated rings. The highest BCUT2D eigenvalue weighted by Gasteiger charge is 2.41. The molecule has 2 saturated heterocycles. The number of piperidine rings is 2. The Morgan fingerprint density at radius 1 is 0.842 bits per heavy atom. The van der Waals surface area contributed by atoms with E-state index in [0.717, 1.165) is 24.2 Å². The third-order valence-corrected chi connectivity index (χ3v) is 5.71. The largest absolute Gasteiger partial charge is 0.314 e. The van der Waals surface area contributed by atoms with E-state index in [2.05, 4.69) is 17.1 Å². The van der Waals surface area contributed by atoms with E-state index in [1.165, 1.54) is 77.2 Å². The van der Waals surface area contributed by atoms with Gasteiger partial charge in [0.2, 0.25) is 0 Å². The van der Waals surface area contributed by atoms with Crippen LogP contribution in [-0.2, 0) is 0 Å². The topological polar surface area (TPSA) is 15.3 Å². The molecule has 2 bridgehead atoms. The van der Waals surface area contributed by atoms with Crippen LogP contribution in [0, 0.1) is 0 Å². The van der Waals surface area contributed by atoms with Gasteiger partial charge < -0.3 is 5.32 Å². The van der Waals surface area contributed by atoms with Crippen molar-refractivity contribution in [3.63, 3.8) is 0 Å². The second-order valence-corrected chi connectivity index (χ2v) is 7.10. The van der Waals surface area contributed by atoms with Crippen LogP contribution < -0.4 is 5.32 Å². The maximum atomic E-state index is 3.80. The highest BCUT2D eigenvalue weighted by atomic mass is 15.2. The summed E-state index contributed by atoms with van der Waals surface area (Å²) in [4.78, 5) is 2.99. The summed E-state index contributed by atoms with van der Waals surface area (Å²) in [5.41, 5.74) is 0. The normalized spacial score (nSPS) is 37.4. The molecule has 2 heteroatoms. The second-order valence-electron chi connectivity index (χ2n) is 7.10. The minimum absolute atomic E-state index is 0.815. The molecule has 3 rings (SSSR count). The van der Waals surface area contributed by atoms with E-state index in [9.17, 15) is 0 Å². The zero-order valence-corrected chi connectivity index (χ0v) is 12.7. The van der Waals surface area contributed by atoms with E-state index in [0.29, 0.717) is 0 Å². The molecule has 0 aromatic heterocycles. The Morgan fingerprint density at radius 2 is 1.47 bits per heavy atom.